The van der Waals surface area contributed by atoms with Crippen LogP contribution in [0.5, 0.6) is 17.2 Å². The van der Waals surface area contributed by atoms with Crippen LogP contribution in [0.1, 0.15) is 90.2 Å². The second-order valence-electron chi connectivity index (χ2n) is 23.4. The van der Waals surface area contributed by atoms with Gasteiger partial charge in [0.1, 0.15) is 17.2 Å². The lowest BCUT2D eigenvalue weighted by molar-refractivity contribution is -0.0823. The first kappa shape index (κ1) is 51.0. The third-order valence-corrected chi connectivity index (χ3v) is 19.1. The molecule has 9 unspecified atom stereocenters. The number of nitrogens with zero attached hydrogens (tertiary/aromatic N) is 6. The van der Waals surface area contributed by atoms with Crippen molar-refractivity contribution in [2.75, 3.05) is 39.3 Å². The first-order chi connectivity index (χ1) is 38.2. The Hall–Kier alpha value is -6.51. The van der Waals surface area contributed by atoms with Gasteiger partial charge < -0.3 is 29.5 Å². The van der Waals surface area contributed by atoms with E-state index in [1.807, 2.05) is 55.0 Å². The van der Waals surface area contributed by atoms with Crippen LogP contribution in [0.2, 0.25) is 0 Å². The largest absolute Gasteiger partial charge is 0.508 e. The minimum atomic E-state index is -0.308. The van der Waals surface area contributed by atoms with Gasteiger partial charge in [-0.15, -0.1) is 19.7 Å². The van der Waals surface area contributed by atoms with Crippen LogP contribution in [0.4, 0.5) is 0 Å². The van der Waals surface area contributed by atoms with Crippen molar-refractivity contribution < 1.29 is 29.5 Å². The summed E-state index contributed by atoms with van der Waals surface area (Å²) in [5.41, 5.74) is 8.56. The number of ether oxygens (including phenoxy) is 3. The van der Waals surface area contributed by atoms with E-state index in [2.05, 4.69) is 89.1 Å². The Morgan fingerprint density at radius 1 is 0.449 bits per heavy atom. The molecule has 0 saturated carbocycles. The molecular formula is C66H72N6O6. The molecule has 6 bridgehead atoms. The van der Waals surface area contributed by atoms with Crippen LogP contribution < -0.4 is 0 Å². The molecule has 3 aromatic heterocycles. The van der Waals surface area contributed by atoms with Crippen molar-refractivity contribution in [3.63, 3.8) is 0 Å². The molecule has 78 heavy (non-hydrogen) atoms. The zero-order valence-electron chi connectivity index (χ0n) is 44.5. The van der Waals surface area contributed by atoms with E-state index in [4.69, 9.17) is 29.2 Å². The van der Waals surface area contributed by atoms with Crippen molar-refractivity contribution in [1.29, 1.82) is 0 Å². The van der Waals surface area contributed by atoms with Gasteiger partial charge in [-0.1, -0.05) is 36.4 Å². The SMILES string of the molecule is C=CC1CN2CCC1C[C@@H]2[C@@H](OCc1cc(CO[C@@H](c2ccnc3ccc(O)cc23)[C@H]2CC3CCN2CC3C=C)cc(CO[C@@H](c2ccnc3ccc(O)cc23)[C@H]2CC3CCN2CC3C=C)c1)c1ccnc2ccc(O)cc12. The third-order valence-electron chi connectivity index (χ3n) is 19.1. The van der Waals surface area contributed by atoms with Gasteiger partial charge in [0.15, 0.2) is 0 Å². The fourth-order valence-corrected chi connectivity index (χ4v) is 15.2. The predicted molar refractivity (Wildman–Crippen MR) is 305 cm³/mol. The number of pyridine rings is 3. The van der Waals surface area contributed by atoms with Crippen molar-refractivity contribution in [2.45, 2.75) is 94.8 Å². The predicted octanol–water partition coefficient (Wildman–Crippen LogP) is 11.9. The Morgan fingerprint density at radius 3 is 1.03 bits per heavy atom. The monoisotopic (exact) mass is 1040 g/mol. The molecule has 7 aromatic rings. The molecule has 402 valence electrons. The molecule has 0 amide bonds. The van der Waals surface area contributed by atoms with Crippen molar-refractivity contribution in [3.8, 4) is 17.2 Å². The number of phenolic OH excluding ortho intramolecular Hbond substituents is 3. The van der Waals surface area contributed by atoms with E-state index in [0.29, 0.717) is 55.3 Å². The van der Waals surface area contributed by atoms with Crippen molar-refractivity contribution in [2.24, 2.45) is 35.5 Å². The molecule has 0 aliphatic carbocycles. The number of aromatic nitrogens is 3. The van der Waals surface area contributed by atoms with Gasteiger partial charge in [-0.2, -0.15) is 0 Å². The Bertz CT molecular complexity index is 3020. The molecule has 0 spiro atoms. The molecule has 9 saturated heterocycles. The average molecular weight is 1050 g/mol. The maximum absolute atomic E-state index is 10.9. The normalized spacial score (nSPS) is 29.4. The van der Waals surface area contributed by atoms with Crippen LogP contribution in [0.25, 0.3) is 32.7 Å². The highest BCUT2D eigenvalue weighted by molar-refractivity contribution is 5.85. The van der Waals surface area contributed by atoms with Gasteiger partial charge >= 0.3 is 0 Å². The number of benzene rings is 4. The number of piperidine rings is 9. The zero-order chi connectivity index (χ0) is 53.0. The summed E-state index contributed by atoms with van der Waals surface area (Å²) in [4.78, 5) is 21.9. The first-order valence-electron chi connectivity index (χ1n) is 28.5. The van der Waals surface area contributed by atoms with Gasteiger partial charge in [0, 0.05) is 72.5 Å². The van der Waals surface area contributed by atoms with Crippen LogP contribution in [0.3, 0.4) is 0 Å². The summed E-state index contributed by atoms with van der Waals surface area (Å²) in [7, 11) is 0. The number of fused-ring (bicyclic) bond motifs is 12. The Kier molecular flexibility index (Phi) is 14.1. The maximum Gasteiger partial charge on any atom is 0.116 e. The maximum atomic E-state index is 10.9. The van der Waals surface area contributed by atoms with E-state index in [1.54, 1.807) is 18.2 Å². The van der Waals surface area contributed by atoms with Crippen molar-refractivity contribution in [3.05, 3.63) is 181 Å². The van der Waals surface area contributed by atoms with E-state index in [1.165, 1.54) is 0 Å². The highest BCUT2D eigenvalue weighted by Crippen LogP contribution is 2.48. The van der Waals surface area contributed by atoms with E-state index in [-0.39, 0.29) is 53.7 Å². The number of aromatic hydroxyl groups is 3. The summed E-state index contributed by atoms with van der Waals surface area (Å²) < 4.78 is 22.2. The second kappa shape index (κ2) is 21.6. The summed E-state index contributed by atoms with van der Waals surface area (Å²) in [6.07, 6.45) is 17.5. The molecule has 4 aromatic carbocycles. The smallest absolute Gasteiger partial charge is 0.116 e. The summed E-state index contributed by atoms with van der Waals surface area (Å²) in [5, 5.41) is 35.3. The Labute approximate surface area is 457 Å². The fourth-order valence-electron chi connectivity index (χ4n) is 15.2. The molecule has 16 rings (SSSR count). The standard InChI is InChI=1S/C66H72N6O6/c1-4-43-34-70-22-16-46(43)28-61(70)64(52-13-19-67-58-10-7-49(73)31-55(52)58)76-37-40-25-41(38-77-65(62-29-47-17-23-71(62)35-44(47)5-2)53-14-20-68-59-11-8-50(74)32-56(53)59)27-42(26-40)39-78-66(63-30-48-18-24-72(63)36-45(48)6-3)54-15-21-69-60-12-9-51(75)33-57(54)60/h4-15,19-21,25-27,31-33,43-48,61-66,73-75H,1-3,16-18,22-24,28-30,34-39H2/t43?,44?,45?,46?,47?,48?,61-,62-,63-,64+,65+,66+/m1/s1. The number of hydrogen-bond acceptors (Lipinski definition) is 12. The van der Waals surface area contributed by atoms with Crippen molar-refractivity contribution >= 4 is 32.7 Å². The minimum Gasteiger partial charge on any atom is -0.508 e. The van der Waals surface area contributed by atoms with Crippen LogP contribution >= 0.6 is 0 Å². The van der Waals surface area contributed by atoms with Gasteiger partial charge in [-0.3, -0.25) is 29.7 Å². The van der Waals surface area contributed by atoms with Gasteiger partial charge in [0.2, 0.25) is 0 Å². The van der Waals surface area contributed by atoms with Gasteiger partial charge in [-0.05, 0) is 200 Å². The first-order valence-corrected chi connectivity index (χ1v) is 28.5. The summed E-state index contributed by atoms with van der Waals surface area (Å²) >= 11 is 0. The van der Waals surface area contributed by atoms with E-state index in [9.17, 15) is 15.3 Å². The van der Waals surface area contributed by atoms with Gasteiger partial charge in [-0.25, -0.2) is 0 Å². The summed E-state index contributed by atoms with van der Waals surface area (Å²) in [5.74, 6) is 3.51. The van der Waals surface area contributed by atoms with Crippen LogP contribution in [0.15, 0.2) is 148 Å². The molecule has 9 aliphatic heterocycles. The molecule has 15 atom stereocenters. The lowest BCUT2D eigenvalue weighted by atomic mass is 9.73. The van der Waals surface area contributed by atoms with Gasteiger partial charge in [0.25, 0.3) is 0 Å². The molecule has 3 N–H and O–H groups in total. The lowest BCUT2D eigenvalue weighted by Crippen LogP contribution is -2.55. The molecule has 12 heterocycles. The Morgan fingerprint density at radius 2 is 0.756 bits per heavy atom. The molecule has 0 radical (unpaired) electrons. The highest BCUT2D eigenvalue weighted by atomic mass is 16.5. The van der Waals surface area contributed by atoms with E-state index >= 15 is 0 Å². The molecular weight excluding hydrogens is 973 g/mol. The average Bonchev–Trinajstić information content (AvgIpc) is 3.54. The number of rotatable bonds is 18. The summed E-state index contributed by atoms with van der Waals surface area (Å²) in [6, 6.07) is 29.6. The summed E-state index contributed by atoms with van der Waals surface area (Å²) in [6.45, 7) is 19.5. The van der Waals surface area contributed by atoms with Crippen LogP contribution in [-0.2, 0) is 34.0 Å². The molecule has 12 nitrogen and oxygen atoms in total. The van der Waals surface area contributed by atoms with E-state index in [0.717, 1.165) is 144 Å². The third kappa shape index (κ3) is 9.79. The highest BCUT2D eigenvalue weighted by Gasteiger charge is 2.46. The molecule has 9 aliphatic rings. The van der Waals surface area contributed by atoms with Crippen LogP contribution in [-0.4, -0.2) is 102 Å². The minimum absolute atomic E-state index is 0.121. The van der Waals surface area contributed by atoms with Crippen LogP contribution in [0, 0.1) is 35.5 Å². The zero-order valence-corrected chi connectivity index (χ0v) is 44.5. The van der Waals surface area contributed by atoms with Gasteiger partial charge in [0.05, 0.1) is 54.7 Å². The Balaban J connectivity index is 0.877. The quantitative estimate of drug-likeness (QED) is 0.0706. The number of phenols is 3. The number of hydrogen-bond donors (Lipinski definition) is 3. The fraction of sp³-hybridized carbons (Fsp3) is 0.409. The molecule has 12 heteroatoms. The van der Waals surface area contributed by atoms with Crippen molar-refractivity contribution in [1.82, 2.24) is 29.7 Å². The van der Waals surface area contributed by atoms with E-state index < -0.39 is 0 Å². The second-order valence-corrected chi connectivity index (χ2v) is 23.4. The molecule has 9 fully saturated rings. The lowest BCUT2D eigenvalue weighted by Gasteiger charge is -2.51. The topological polar surface area (TPSA) is 137 Å².